The number of aryl methyl sites for hydroxylation is 1. The van der Waals surface area contributed by atoms with E-state index in [1.54, 1.807) is 24.3 Å². The quantitative estimate of drug-likeness (QED) is 0.140. The van der Waals surface area contributed by atoms with Crippen LogP contribution in [-0.2, 0) is 25.7 Å². The summed E-state index contributed by atoms with van der Waals surface area (Å²) in [5.41, 5.74) is 3.62. The molecule has 0 aliphatic rings. The minimum atomic E-state index is -0.638. The molecule has 61 heavy (non-hydrogen) atoms. The molecule has 0 fully saturated rings. The molecule has 1 aromatic heterocycles. The third kappa shape index (κ3) is 6.33. The second kappa shape index (κ2) is 14.7. The molecule has 0 amide bonds. The Morgan fingerprint density at radius 3 is 1.80 bits per heavy atom. The van der Waals surface area contributed by atoms with Crippen molar-refractivity contribution in [1.29, 1.82) is 0 Å². The van der Waals surface area contributed by atoms with Crippen molar-refractivity contribution in [3.63, 3.8) is 0 Å². The van der Waals surface area contributed by atoms with Gasteiger partial charge in [0.1, 0.15) is 11.2 Å². The van der Waals surface area contributed by atoms with E-state index < -0.39 is 121 Å². The molecular weight excluding hydrogens is 737 g/mol. The van der Waals surface area contributed by atoms with Gasteiger partial charge in [0.2, 0.25) is 0 Å². The lowest BCUT2D eigenvalue weighted by atomic mass is 9.84. The highest BCUT2D eigenvalue weighted by Gasteiger charge is 2.18. The van der Waals surface area contributed by atoms with Gasteiger partial charge < -0.3 is 4.42 Å². The van der Waals surface area contributed by atoms with Crippen LogP contribution in [0.2, 0.25) is 0 Å². The first kappa shape index (κ1) is 19.7. The second-order valence-corrected chi connectivity index (χ2v) is 15.0. The maximum Gasteiger partial charge on any atom is 0.136 e. The number of hydrogen-bond acceptors (Lipinski definition) is 1. The van der Waals surface area contributed by atoms with E-state index in [1.807, 2.05) is 48.5 Å². The number of hydrogen-bond donors (Lipinski definition) is 0. The van der Waals surface area contributed by atoms with E-state index in [1.165, 1.54) is 0 Å². The minimum absolute atomic E-state index is 0.00192. The minimum Gasteiger partial charge on any atom is -0.456 e. The Kier molecular flexibility index (Phi) is 4.74. The van der Waals surface area contributed by atoms with Crippen LogP contribution in [0, 0.1) is 0 Å². The van der Waals surface area contributed by atoms with E-state index in [9.17, 15) is 6.85 Å². The highest BCUT2D eigenvalue weighted by Crippen LogP contribution is 2.39. The Hall–Kier alpha value is -7.48. The lowest BCUT2D eigenvalue weighted by molar-refractivity contribution is 0.669. The number of furan rings is 1. The van der Waals surface area contributed by atoms with Crippen LogP contribution >= 0.6 is 0 Å². The van der Waals surface area contributed by atoms with Gasteiger partial charge in [-0.1, -0.05) is 175 Å². The molecule has 0 saturated heterocycles. The average molecular weight is 801 g/mol. The molecule has 0 radical (unpaired) electrons. The summed E-state index contributed by atoms with van der Waals surface area (Å²) in [4.78, 5) is 0. The monoisotopic (exact) mass is 800 g/mol. The Balaban J connectivity index is 1.02. The Morgan fingerprint density at radius 1 is 0.361 bits per heavy atom. The van der Waals surface area contributed by atoms with Crippen LogP contribution in [0.1, 0.15) is 63.5 Å². The van der Waals surface area contributed by atoms with Gasteiger partial charge in [-0.15, -0.1) is 0 Å². The molecular formula is C60H42O. The number of benzene rings is 11. The van der Waals surface area contributed by atoms with Crippen LogP contribution in [0.25, 0.3) is 86.9 Å². The fraction of sp³-hybridized carbons (Fsp3) is 0.0667. The molecule has 0 atom stereocenters. The zero-order valence-corrected chi connectivity index (χ0v) is 32.2. The molecule has 288 valence electrons. The van der Waals surface area contributed by atoms with Gasteiger partial charge >= 0.3 is 0 Å². The number of fused-ring (bicyclic) bond motifs is 8. The summed E-state index contributed by atoms with van der Waals surface area (Å²) in [6.07, 6.45) is -0.409. The highest BCUT2D eigenvalue weighted by atomic mass is 16.3. The molecule has 0 saturated carbocycles. The van der Waals surface area contributed by atoms with Crippen molar-refractivity contribution in [2.24, 2.45) is 0 Å². The third-order valence-corrected chi connectivity index (χ3v) is 11.5. The van der Waals surface area contributed by atoms with Crippen LogP contribution in [0.3, 0.4) is 0 Å². The first-order chi connectivity index (χ1) is 39.4. The normalized spacial score (nSPS) is 16.9. The van der Waals surface area contributed by atoms with Crippen molar-refractivity contribution in [3.8, 4) is 11.1 Å². The zero-order chi connectivity index (χ0) is 59.4. The molecule has 0 aliphatic heterocycles. The van der Waals surface area contributed by atoms with Gasteiger partial charge in [0.25, 0.3) is 0 Å². The predicted octanol–water partition coefficient (Wildman–Crippen LogP) is 16.0. The lowest BCUT2D eigenvalue weighted by Gasteiger charge is -2.19. The van der Waals surface area contributed by atoms with E-state index in [0.29, 0.717) is 33.1 Å². The summed E-state index contributed by atoms with van der Waals surface area (Å²) in [5.74, 6) is 0. The summed E-state index contributed by atoms with van der Waals surface area (Å²) in [5, 5.41) is 1.99. The van der Waals surface area contributed by atoms with E-state index in [-0.39, 0.29) is 103 Å². The van der Waals surface area contributed by atoms with Gasteiger partial charge in [0.05, 0.1) is 30.2 Å². The standard InChI is InChI=1S/C60H42O/c1-3-14-44-33-39(21-24-41(44)11-1)22-30-54-50-17-7-9-19-52(50)57(53-20-10-8-18-51(53)54)37-48-28-26-43-13-5-6-16-49(43)56(48)34-40-23-32-59-58(35-40)55-31-29-47(38-60(55)61-59)46-27-25-42-12-2-4-15-45(42)36-46/h1-21,23-29,31-33,35-36,38H,22,30,34,37H2/i1D,2D,3D,4D,7D,8D,9D,10D,11D,12D,14D,15D,17D,18D,19D,20D,21D,24D,25D,27D,33D,36D. The summed E-state index contributed by atoms with van der Waals surface area (Å²) in [6.45, 7) is 0. The summed E-state index contributed by atoms with van der Waals surface area (Å²) in [7, 11) is 0. The van der Waals surface area contributed by atoms with Gasteiger partial charge in [-0.2, -0.15) is 0 Å². The van der Waals surface area contributed by atoms with Gasteiger partial charge in [-0.05, 0) is 154 Å². The first-order valence-corrected chi connectivity index (χ1v) is 19.7. The zero-order valence-electron chi connectivity index (χ0n) is 54.2. The third-order valence-electron chi connectivity index (χ3n) is 11.5. The second-order valence-electron chi connectivity index (χ2n) is 15.0. The Labute approximate surface area is 386 Å². The van der Waals surface area contributed by atoms with E-state index in [2.05, 4.69) is 0 Å². The SMILES string of the molecule is [2H]c1c([2H])c([2H])c2c([2H])c(CCc3c4c([2H])c([2H])c([2H])c([2H])c4c(Cc4ccc5ccccc5c4Cc4ccc5oc6cc(-c7c([2H])c([2H])c8c([2H])c([2H])c([2H])c([2H])c8c7[2H])ccc6c5c4)c4c([2H])c([2H])c([2H])c([2H])c34)c([2H])c([2H])c2c1[2H]. The topological polar surface area (TPSA) is 13.1 Å². The smallest absolute Gasteiger partial charge is 0.136 e. The van der Waals surface area contributed by atoms with Gasteiger partial charge in [-0.25, -0.2) is 0 Å². The van der Waals surface area contributed by atoms with Crippen molar-refractivity contribution in [2.45, 2.75) is 25.7 Å². The highest BCUT2D eigenvalue weighted by molar-refractivity contribution is 6.07. The molecule has 1 heterocycles. The Bertz CT molecular complexity index is 4870. The van der Waals surface area contributed by atoms with Crippen molar-refractivity contribution in [3.05, 3.63) is 239 Å². The van der Waals surface area contributed by atoms with Gasteiger partial charge in [-0.3, -0.25) is 0 Å². The molecule has 12 aromatic rings. The van der Waals surface area contributed by atoms with Crippen LogP contribution < -0.4 is 0 Å². The van der Waals surface area contributed by atoms with Crippen LogP contribution in [0.15, 0.2) is 210 Å². The molecule has 0 unspecified atom stereocenters. The van der Waals surface area contributed by atoms with Gasteiger partial charge in [0.15, 0.2) is 0 Å². The molecule has 11 aromatic carbocycles. The maximum atomic E-state index is 9.53. The Morgan fingerprint density at radius 2 is 1.03 bits per heavy atom. The average Bonchev–Trinajstić information content (AvgIpc) is 4.01. The predicted molar refractivity (Wildman–Crippen MR) is 259 cm³/mol. The molecule has 12 rings (SSSR count). The molecule has 0 N–H and O–H groups in total. The summed E-state index contributed by atoms with van der Waals surface area (Å²) in [6, 6.07) is 10.6. The molecule has 1 heteroatoms. The fourth-order valence-electron chi connectivity index (χ4n) is 8.57. The van der Waals surface area contributed by atoms with Crippen molar-refractivity contribution < 1.29 is 34.6 Å². The number of rotatable bonds is 8. The maximum absolute atomic E-state index is 9.53. The molecule has 0 aliphatic carbocycles. The van der Waals surface area contributed by atoms with Crippen molar-refractivity contribution in [1.82, 2.24) is 0 Å². The lowest BCUT2D eigenvalue weighted by Crippen LogP contribution is -2.02. The van der Waals surface area contributed by atoms with E-state index in [4.69, 9.17) is 27.7 Å². The molecule has 0 spiro atoms. The first-order valence-electron chi connectivity index (χ1n) is 30.7. The summed E-state index contributed by atoms with van der Waals surface area (Å²) >= 11 is 0. The van der Waals surface area contributed by atoms with Crippen molar-refractivity contribution in [2.75, 3.05) is 0 Å². The van der Waals surface area contributed by atoms with Crippen LogP contribution in [0.5, 0.6) is 0 Å². The fourth-order valence-corrected chi connectivity index (χ4v) is 8.57. The molecule has 1 nitrogen and oxygen atoms in total. The van der Waals surface area contributed by atoms with E-state index in [0.717, 1.165) is 21.9 Å². The molecule has 0 bridgehead atoms. The summed E-state index contributed by atoms with van der Waals surface area (Å²) < 4.78 is 201. The van der Waals surface area contributed by atoms with E-state index >= 15 is 0 Å². The largest absolute Gasteiger partial charge is 0.456 e. The van der Waals surface area contributed by atoms with Crippen molar-refractivity contribution >= 4 is 75.8 Å². The van der Waals surface area contributed by atoms with Crippen LogP contribution in [0.4, 0.5) is 0 Å². The van der Waals surface area contributed by atoms with Crippen LogP contribution in [-0.4, -0.2) is 0 Å². The van der Waals surface area contributed by atoms with Gasteiger partial charge in [0, 0.05) is 10.8 Å².